The van der Waals surface area contributed by atoms with Gasteiger partial charge in [0.25, 0.3) is 0 Å². The summed E-state index contributed by atoms with van der Waals surface area (Å²) < 4.78 is 0. The average molecular weight is 262 g/mol. The Bertz CT molecular complexity index is 593. The van der Waals surface area contributed by atoms with Crippen LogP contribution in [0.25, 0.3) is 11.0 Å². The van der Waals surface area contributed by atoms with Crippen molar-refractivity contribution in [3.8, 4) is 0 Å². The first-order valence-electron chi connectivity index (χ1n) is 6.09. The lowest BCUT2D eigenvalue weighted by molar-refractivity contribution is -0.139. The minimum atomic E-state index is -0.854. The molecule has 1 unspecified atom stereocenters. The zero-order valence-electron chi connectivity index (χ0n) is 11.3. The van der Waals surface area contributed by atoms with Gasteiger partial charge in [-0.2, -0.15) is 0 Å². The fraction of sp³-hybridized carbons (Fsp3) is 0.385. The van der Waals surface area contributed by atoms with Gasteiger partial charge in [-0.25, -0.2) is 4.98 Å². The summed E-state index contributed by atoms with van der Waals surface area (Å²) in [6, 6.07) is 5.25. The highest BCUT2D eigenvalue weighted by Gasteiger charge is 2.17. The smallest absolute Gasteiger partial charge is 0.322 e. The number of aliphatic carboxylic acids is 1. The number of aromatic nitrogens is 2. The van der Waals surface area contributed by atoms with Crippen LogP contribution in [0.2, 0.25) is 0 Å². The molecule has 2 aromatic rings. The van der Waals surface area contributed by atoms with Crippen LogP contribution in [-0.4, -0.2) is 47.7 Å². The van der Waals surface area contributed by atoms with E-state index >= 15 is 0 Å². The van der Waals surface area contributed by atoms with Crippen LogP contribution < -0.4 is 10.2 Å². The lowest BCUT2D eigenvalue weighted by Crippen LogP contribution is -2.43. The first-order valence-corrected chi connectivity index (χ1v) is 6.09. The average Bonchev–Trinajstić information content (AvgIpc) is 2.74. The summed E-state index contributed by atoms with van der Waals surface area (Å²) in [7, 11) is 3.52. The number of carboxylic acid groups (broad SMARTS) is 1. The number of fused-ring (bicyclic) bond motifs is 1. The molecule has 0 aliphatic rings. The van der Waals surface area contributed by atoms with Gasteiger partial charge in [-0.1, -0.05) is 0 Å². The Morgan fingerprint density at radius 1 is 1.58 bits per heavy atom. The second-order valence-corrected chi connectivity index (χ2v) is 4.58. The molecular formula is C13H18N4O2. The molecule has 1 aromatic carbocycles. The van der Waals surface area contributed by atoms with Crippen LogP contribution in [0.5, 0.6) is 0 Å². The van der Waals surface area contributed by atoms with Crippen LogP contribution in [-0.2, 0) is 4.79 Å². The van der Waals surface area contributed by atoms with Crippen LogP contribution in [0.15, 0.2) is 18.2 Å². The summed E-state index contributed by atoms with van der Waals surface area (Å²) in [6.45, 7) is 2.30. The van der Waals surface area contributed by atoms with E-state index in [1.807, 2.05) is 37.1 Å². The summed E-state index contributed by atoms with van der Waals surface area (Å²) in [5, 5.41) is 11.8. The van der Waals surface area contributed by atoms with Crippen molar-refractivity contribution in [2.45, 2.75) is 13.0 Å². The van der Waals surface area contributed by atoms with Gasteiger partial charge in [0.2, 0.25) is 0 Å². The lowest BCUT2D eigenvalue weighted by atomic mass is 10.2. The number of hydrogen-bond donors (Lipinski definition) is 3. The third kappa shape index (κ3) is 2.85. The number of hydrogen-bond acceptors (Lipinski definition) is 4. The standard InChI is InChI=1S/C13H18N4O2/c1-8-15-10-5-4-9(6-11(10)16-8)17(3)7-12(14-2)13(18)19/h4-6,12,14H,7H2,1-3H3,(H,15,16)(H,18,19). The van der Waals surface area contributed by atoms with Crippen LogP contribution in [0.3, 0.4) is 0 Å². The zero-order chi connectivity index (χ0) is 14.0. The molecule has 102 valence electrons. The van der Waals surface area contributed by atoms with Gasteiger partial charge in [0.1, 0.15) is 11.9 Å². The fourth-order valence-electron chi connectivity index (χ4n) is 2.03. The number of rotatable bonds is 5. The Morgan fingerprint density at radius 2 is 2.32 bits per heavy atom. The molecule has 0 amide bonds. The first-order chi connectivity index (χ1) is 9.01. The maximum atomic E-state index is 11.0. The maximum absolute atomic E-state index is 11.0. The fourth-order valence-corrected chi connectivity index (χ4v) is 2.03. The minimum Gasteiger partial charge on any atom is -0.480 e. The molecule has 2 rings (SSSR count). The summed E-state index contributed by atoms with van der Waals surface area (Å²) in [6.07, 6.45) is 0. The molecule has 0 saturated carbocycles. The van der Waals surface area contributed by atoms with E-state index in [9.17, 15) is 4.79 Å². The topological polar surface area (TPSA) is 81.2 Å². The second-order valence-electron chi connectivity index (χ2n) is 4.58. The summed E-state index contributed by atoms with van der Waals surface area (Å²) >= 11 is 0. The highest BCUT2D eigenvalue weighted by atomic mass is 16.4. The number of H-pyrrole nitrogens is 1. The predicted octanol–water partition coefficient (Wildman–Crippen LogP) is 0.980. The number of benzene rings is 1. The number of nitrogens with one attached hydrogen (secondary N) is 2. The zero-order valence-corrected chi connectivity index (χ0v) is 11.3. The van der Waals surface area contributed by atoms with Crippen LogP contribution in [0, 0.1) is 6.92 Å². The van der Waals surface area contributed by atoms with E-state index < -0.39 is 12.0 Å². The summed E-state index contributed by atoms with van der Waals surface area (Å²) in [5.41, 5.74) is 2.83. The molecule has 19 heavy (non-hydrogen) atoms. The molecule has 0 radical (unpaired) electrons. The molecule has 1 atom stereocenters. The Hall–Kier alpha value is -2.08. The Kier molecular flexibility index (Phi) is 3.71. The van der Waals surface area contributed by atoms with E-state index in [4.69, 9.17) is 5.11 Å². The van der Waals surface area contributed by atoms with Crippen molar-refractivity contribution in [3.63, 3.8) is 0 Å². The molecule has 3 N–H and O–H groups in total. The quantitative estimate of drug-likeness (QED) is 0.748. The molecule has 0 aliphatic heterocycles. The second kappa shape index (κ2) is 5.27. The summed E-state index contributed by atoms with van der Waals surface area (Å²) in [5.74, 6) is 0.0150. The van der Waals surface area contributed by atoms with Crippen molar-refractivity contribution in [2.75, 3.05) is 25.5 Å². The van der Waals surface area contributed by atoms with E-state index in [0.717, 1.165) is 22.5 Å². The highest BCUT2D eigenvalue weighted by molar-refractivity contribution is 5.80. The van der Waals surface area contributed by atoms with E-state index in [2.05, 4.69) is 15.3 Å². The molecule has 0 bridgehead atoms. The molecule has 1 aromatic heterocycles. The number of aromatic amines is 1. The van der Waals surface area contributed by atoms with Gasteiger partial charge in [0.15, 0.2) is 0 Å². The Morgan fingerprint density at radius 3 is 2.95 bits per heavy atom. The monoisotopic (exact) mass is 262 g/mol. The molecule has 6 nitrogen and oxygen atoms in total. The van der Waals surface area contributed by atoms with Gasteiger partial charge in [0.05, 0.1) is 11.0 Å². The first kappa shape index (κ1) is 13.4. The van der Waals surface area contributed by atoms with Crippen molar-refractivity contribution in [1.29, 1.82) is 0 Å². The number of imidazole rings is 1. The molecule has 6 heteroatoms. The number of carboxylic acids is 1. The van der Waals surface area contributed by atoms with Gasteiger partial charge < -0.3 is 20.3 Å². The van der Waals surface area contributed by atoms with Gasteiger partial charge in [-0.05, 0) is 32.2 Å². The number of carbonyl (C=O) groups is 1. The van der Waals surface area contributed by atoms with Gasteiger partial charge in [0, 0.05) is 19.3 Å². The molecule has 0 saturated heterocycles. The Labute approximate surface area is 111 Å². The normalized spacial score (nSPS) is 12.6. The molecule has 1 heterocycles. The van der Waals surface area contributed by atoms with Crippen LogP contribution in [0.4, 0.5) is 5.69 Å². The third-order valence-corrected chi connectivity index (χ3v) is 3.13. The van der Waals surface area contributed by atoms with Crippen LogP contribution >= 0.6 is 0 Å². The van der Waals surface area contributed by atoms with E-state index in [-0.39, 0.29) is 0 Å². The minimum absolute atomic E-state index is 0.393. The van der Waals surface area contributed by atoms with Crippen molar-refractivity contribution >= 4 is 22.7 Å². The van der Waals surface area contributed by atoms with Gasteiger partial charge in [-0.15, -0.1) is 0 Å². The number of nitrogens with zero attached hydrogens (tertiary/aromatic N) is 2. The number of aryl methyl sites for hydroxylation is 1. The largest absolute Gasteiger partial charge is 0.480 e. The number of anilines is 1. The van der Waals surface area contributed by atoms with Crippen molar-refractivity contribution < 1.29 is 9.90 Å². The molecule has 0 aliphatic carbocycles. The van der Waals surface area contributed by atoms with E-state index in [1.54, 1.807) is 7.05 Å². The Balaban J connectivity index is 2.20. The lowest BCUT2D eigenvalue weighted by Gasteiger charge is -2.23. The SMILES string of the molecule is CNC(CN(C)c1ccc2nc(C)[nH]c2c1)C(=O)O. The van der Waals surface area contributed by atoms with Gasteiger partial charge in [-0.3, -0.25) is 4.79 Å². The molecule has 0 fully saturated rings. The number of likely N-dealkylation sites (N-methyl/N-ethyl adjacent to an activating group) is 2. The van der Waals surface area contributed by atoms with E-state index in [1.165, 1.54) is 0 Å². The van der Waals surface area contributed by atoms with Crippen LogP contribution in [0.1, 0.15) is 5.82 Å². The van der Waals surface area contributed by atoms with Crippen molar-refractivity contribution in [3.05, 3.63) is 24.0 Å². The third-order valence-electron chi connectivity index (χ3n) is 3.13. The highest BCUT2D eigenvalue weighted by Crippen LogP contribution is 2.19. The molecule has 0 spiro atoms. The van der Waals surface area contributed by atoms with E-state index in [0.29, 0.717) is 6.54 Å². The van der Waals surface area contributed by atoms with Gasteiger partial charge >= 0.3 is 5.97 Å². The van der Waals surface area contributed by atoms with Crippen molar-refractivity contribution in [2.24, 2.45) is 0 Å². The summed E-state index contributed by atoms with van der Waals surface area (Å²) in [4.78, 5) is 20.4. The van der Waals surface area contributed by atoms with Crippen molar-refractivity contribution in [1.82, 2.24) is 15.3 Å². The molecular weight excluding hydrogens is 244 g/mol. The predicted molar refractivity (Wildman–Crippen MR) is 74.6 cm³/mol. The maximum Gasteiger partial charge on any atom is 0.322 e.